The third-order valence-electron chi connectivity index (χ3n) is 5.14. The first-order valence-electron chi connectivity index (χ1n) is 9.04. The number of nitrogens with zero attached hydrogens (tertiary/aromatic N) is 1. The van der Waals surface area contributed by atoms with Gasteiger partial charge in [0.1, 0.15) is 0 Å². The molecule has 27 heavy (non-hydrogen) atoms. The van der Waals surface area contributed by atoms with E-state index in [-0.39, 0.29) is 11.6 Å². The summed E-state index contributed by atoms with van der Waals surface area (Å²) in [7, 11) is -1.63. The van der Waals surface area contributed by atoms with Gasteiger partial charge in [-0.2, -0.15) is 4.72 Å². The average molecular weight is 495 g/mol. The summed E-state index contributed by atoms with van der Waals surface area (Å²) < 4.78 is 28.7. The molecule has 0 unspecified atom stereocenters. The number of sulfonamides is 1. The fourth-order valence-electron chi connectivity index (χ4n) is 3.60. The molecule has 0 bridgehead atoms. The summed E-state index contributed by atoms with van der Waals surface area (Å²) in [6.45, 7) is 0.215. The van der Waals surface area contributed by atoms with E-state index in [1.807, 2.05) is 18.0 Å². The minimum absolute atomic E-state index is 0.215. The van der Waals surface area contributed by atoms with Crippen molar-refractivity contribution in [3.05, 3.63) is 57.3 Å². The summed E-state index contributed by atoms with van der Waals surface area (Å²) >= 11 is 2.16. The topological polar surface area (TPSA) is 65.2 Å². The van der Waals surface area contributed by atoms with Crippen LogP contribution < -0.4 is 9.62 Å². The number of nitrogens with one attached hydrogen (secondary N) is 2. The van der Waals surface area contributed by atoms with Crippen LogP contribution in [0.5, 0.6) is 0 Å². The first kappa shape index (κ1) is 18.8. The zero-order valence-corrected chi connectivity index (χ0v) is 18.1. The van der Waals surface area contributed by atoms with E-state index >= 15 is 0 Å². The Hall–Kier alpha value is -1.58. The number of halogens is 1. The van der Waals surface area contributed by atoms with E-state index in [4.69, 9.17) is 0 Å². The molecule has 4 rings (SSSR count). The predicted molar refractivity (Wildman–Crippen MR) is 118 cm³/mol. The summed E-state index contributed by atoms with van der Waals surface area (Å²) in [4.78, 5) is 5.74. The summed E-state index contributed by atoms with van der Waals surface area (Å²) in [6, 6.07) is 13.1. The van der Waals surface area contributed by atoms with E-state index in [1.54, 1.807) is 24.3 Å². The Morgan fingerprint density at radius 2 is 1.85 bits per heavy atom. The van der Waals surface area contributed by atoms with Crippen molar-refractivity contribution in [1.82, 2.24) is 9.71 Å². The Labute approximate surface area is 173 Å². The highest BCUT2D eigenvalue weighted by Gasteiger charge is 2.17. The van der Waals surface area contributed by atoms with E-state index in [0.29, 0.717) is 0 Å². The number of fused-ring (bicyclic) bond motifs is 3. The number of aromatic nitrogens is 1. The first-order valence-corrected chi connectivity index (χ1v) is 11.6. The van der Waals surface area contributed by atoms with Crippen LogP contribution in [-0.2, 0) is 22.9 Å². The summed E-state index contributed by atoms with van der Waals surface area (Å²) in [5, 5.41) is 1.26. The molecule has 3 aromatic rings. The van der Waals surface area contributed by atoms with Crippen LogP contribution >= 0.6 is 22.6 Å². The summed E-state index contributed by atoms with van der Waals surface area (Å²) in [5.74, 6) is 0. The highest BCUT2D eigenvalue weighted by Crippen LogP contribution is 2.31. The molecule has 7 heteroatoms. The molecule has 1 aromatic heterocycles. The largest absolute Gasteiger partial charge is 0.361 e. The minimum atomic E-state index is -3.53. The molecule has 0 amide bonds. The SMILES string of the molecule is CN(CNS(=O)(=O)c1ccc(I)cc1)c1ccc2[nH]c3c(c2c1)CCCC3. The quantitative estimate of drug-likeness (QED) is 0.415. The van der Waals surface area contributed by atoms with Gasteiger partial charge >= 0.3 is 0 Å². The van der Waals surface area contributed by atoms with Gasteiger partial charge in [0.05, 0.1) is 11.6 Å². The van der Waals surface area contributed by atoms with Gasteiger partial charge in [-0.05, 0) is 96.3 Å². The number of aryl methyl sites for hydroxylation is 2. The molecule has 0 aliphatic heterocycles. The number of H-pyrrole nitrogens is 1. The van der Waals surface area contributed by atoms with Crippen LogP contribution in [0, 0.1) is 3.57 Å². The predicted octanol–water partition coefficient (Wildman–Crippen LogP) is 4.02. The van der Waals surface area contributed by atoms with Crippen LogP contribution in [0.25, 0.3) is 10.9 Å². The van der Waals surface area contributed by atoms with Crippen molar-refractivity contribution in [2.24, 2.45) is 0 Å². The van der Waals surface area contributed by atoms with Gasteiger partial charge < -0.3 is 9.88 Å². The molecule has 1 heterocycles. The molecule has 142 valence electrons. The van der Waals surface area contributed by atoms with Gasteiger partial charge in [-0.3, -0.25) is 0 Å². The maximum absolute atomic E-state index is 12.5. The first-order chi connectivity index (χ1) is 12.9. The number of aromatic amines is 1. The second-order valence-corrected chi connectivity index (χ2v) is 9.99. The van der Waals surface area contributed by atoms with Gasteiger partial charge in [0.25, 0.3) is 0 Å². The average Bonchev–Trinajstić information content (AvgIpc) is 3.04. The maximum atomic E-state index is 12.5. The molecule has 0 spiro atoms. The second-order valence-electron chi connectivity index (χ2n) is 6.98. The number of hydrogen-bond donors (Lipinski definition) is 2. The third-order valence-corrected chi connectivity index (χ3v) is 7.26. The smallest absolute Gasteiger partial charge is 0.242 e. The van der Waals surface area contributed by atoms with Crippen LogP contribution in [0.3, 0.4) is 0 Å². The highest BCUT2D eigenvalue weighted by atomic mass is 127. The Morgan fingerprint density at radius 3 is 2.63 bits per heavy atom. The van der Waals surface area contributed by atoms with E-state index in [9.17, 15) is 8.42 Å². The normalized spacial score (nSPS) is 14.3. The molecule has 0 radical (unpaired) electrons. The molecule has 2 aromatic carbocycles. The van der Waals surface area contributed by atoms with E-state index < -0.39 is 10.0 Å². The highest BCUT2D eigenvalue weighted by molar-refractivity contribution is 14.1. The lowest BCUT2D eigenvalue weighted by Crippen LogP contribution is -2.35. The third kappa shape index (κ3) is 3.86. The van der Waals surface area contributed by atoms with E-state index in [0.717, 1.165) is 22.1 Å². The molecule has 0 saturated carbocycles. The number of rotatable bonds is 5. The Bertz CT molecular complexity index is 1070. The number of hydrogen-bond acceptors (Lipinski definition) is 3. The lowest BCUT2D eigenvalue weighted by molar-refractivity contribution is 0.581. The van der Waals surface area contributed by atoms with Crippen LogP contribution in [0.15, 0.2) is 47.4 Å². The van der Waals surface area contributed by atoms with Crippen molar-refractivity contribution in [2.75, 3.05) is 18.6 Å². The zero-order valence-electron chi connectivity index (χ0n) is 15.1. The zero-order chi connectivity index (χ0) is 19.0. The Balaban J connectivity index is 1.52. The van der Waals surface area contributed by atoms with Crippen molar-refractivity contribution in [1.29, 1.82) is 0 Å². The van der Waals surface area contributed by atoms with Gasteiger partial charge in [0.2, 0.25) is 10.0 Å². The number of benzene rings is 2. The summed E-state index contributed by atoms with van der Waals surface area (Å²) in [6.07, 6.45) is 4.70. The fraction of sp³-hybridized carbons (Fsp3) is 0.300. The fourth-order valence-corrected chi connectivity index (χ4v) is 4.99. The van der Waals surface area contributed by atoms with Crippen LogP contribution in [0.2, 0.25) is 0 Å². The standard InChI is InChI=1S/C20H22IN3O2S/c1-24(13-22-27(25,26)16-9-6-14(21)7-10-16)15-8-11-20-18(12-15)17-4-2-3-5-19(17)23-20/h6-12,22-23H,2-5,13H2,1H3. The molecule has 2 N–H and O–H groups in total. The lowest BCUT2D eigenvalue weighted by Gasteiger charge is -2.20. The van der Waals surface area contributed by atoms with Gasteiger partial charge in [0, 0.05) is 32.9 Å². The van der Waals surface area contributed by atoms with Crippen molar-refractivity contribution in [3.8, 4) is 0 Å². The maximum Gasteiger partial charge on any atom is 0.242 e. The molecule has 0 saturated heterocycles. The molecular weight excluding hydrogens is 473 g/mol. The van der Waals surface area contributed by atoms with Crippen LogP contribution in [-0.4, -0.2) is 27.1 Å². The lowest BCUT2D eigenvalue weighted by atomic mass is 9.95. The molecule has 0 atom stereocenters. The van der Waals surface area contributed by atoms with Crippen LogP contribution in [0.4, 0.5) is 5.69 Å². The molecule has 0 fully saturated rings. The van der Waals surface area contributed by atoms with Crippen molar-refractivity contribution in [2.45, 2.75) is 30.6 Å². The number of anilines is 1. The second kappa shape index (κ2) is 7.44. The van der Waals surface area contributed by atoms with Crippen molar-refractivity contribution >= 4 is 49.2 Å². The van der Waals surface area contributed by atoms with E-state index in [2.05, 4.69) is 44.4 Å². The molecule has 5 nitrogen and oxygen atoms in total. The van der Waals surface area contributed by atoms with Crippen molar-refractivity contribution in [3.63, 3.8) is 0 Å². The molecular formula is C20H22IN3O2S. The molecule has 1 aliphatic rings. The Kier molecular flexibility index (Phi) is 5.17. The van der Waals surface area contributed by atoms with Crippen molar-refractivity contribution < 1.29 is 8.42 Å². The van der Waals surface area contributed by atoms with Gasteiger partial charge in [-0.25, -0.2) is 8.42 Å². The van der Waals surface area contributed by atoms with E-state index in [1.165, 1.54) is 35.0 Å². The Morgan fingerprint density at radius 1 is 1.11 bits per heavy atom. The van der Waals surface area contributed by atoms with Crippen LogP contribution in [0.1, 0.15) is 24.1 Å². The van der Waals surface area contributed by atoms with Gasteiger partial charge in [0.15, 0.2) is 0 Å². The van der Waals surface area contributed by atoms with Gasteiger partial charge in [-0.15, -0.1) is 0 Å². The minimum Gasteiger partial charge on any atom is -0.361 e. The van der Waals surface area contributed by atoms with Gasteiger partial charge in [-0.1, -0.05) is 0 Å². The monoisotopic (exact) mass is 495 g/mol. The molecule has 1 aliphatic carbocycles. The summed E-state index contributed by atoms with van der Waals surface area (Å²) in [5.41, 5.74) is 4.94.